The molecule has 0 unspecified atom stereocenters. The van der Waals surface area contributed by atoms with Crippen LogP contribution in [0.3, 0.4) is 0 Å². The summed E-state index contributed by atoms with van der Waals surface area (Å²) in [5.74, 6) is 2.21. The van der Waals surface area contributed by atoms with E-state index in [1.54, 1.807) is 18.4 Å². The lowest BCUT2D eigenvalue weighted by Crippen LogP contribution is -2.38. The van der Waals surface area contributed by atoms with Crippen molar-refractivity contribution in [1.82, 2.24) is 10.6 Å². The molecule has 5 nitrogen and oxygen atoms in total. The molecule has 1 aromatic carbocycles. The van der Waals surface area contributed by atoms with Gasteiger partial charge in [0.2, 0.25) is 0 Å². The fourth-order valence-corrected chi connectivity index (χ4v) is 2.23. The summed E-state index contributed by atoms with van der Waals surface area (Å²) in [4.78, 5) is 4.55. The van der Waals surface area contributed by atoms with Crippen molar-refractivity contribution in [1.29, 1.82) is 0 Å². The Morgan fingerprint density at radius 1 is 1.16 bits per heavy atom. The highest BCUT2D eigenvalue weighted by atomic mass is 19.1. The van der Waals surface area contributed by atoms with Gasteiger partial charge in [-0.3, -0.25) is 4.99 Å². The lowest BCUT2D eigenvalue weighted by molar-refractivity contribution is 0.307. The Kier molecular flexibility index (Phi) is 8.38. The van der Waals surface area contributed by atoms with Gasteiger partial charge in [0.05, 0.1) is 12.9 Å². The summed E-state index contributed by atoms with van der Waals surface area (Å²) >= 11 is 0. The van der Waals surface area contributed by atoms with Gasteiger partial charge in [0.25, 0.3) is 0 Å². The van der Waals surface area contributed by atoms with Gasteiger partial charge in [0.1, 0.15) is 17.3 Å². The second-order valence-corrected chi connectivity index (χ2v) is 5.53. The van der Waals surface area contributed by atoms with E-state index in [-0.39, 0.29) is 5.82 Å². The van der Waals surface area contributed by atoms with Crippen LogP contribution in [0.5, 0.6) is 5.75 Å². The molecule has 136 valence electrons. The average Bonchev–Trinajstić information content (AvgIpc) is 3.13. The number of ether oxygens (including phenoxy) is 1. The van der Waals surface area contributed by atoms with Gasteiger partial charge >= 0.3 is 0 Å². The number of furan rings is 1. The zero-order valence-corrected chi connectivity index (χ0v) is 14.6. The number of nitrogens with one attached hydrogen (secondary N) is 2. The van der Waals surface area contributed by atoms with Crippen LogP contribution in [0, 0.1) is 5.82 Å². The molecule has 2 rings (SSSR count). The molecule has 0 saturated carbocycles. The summed E-state index contributed by atoms with van der Waals surface area (Å²) in [6.45, 7) is 4.96. The largest absolute Gasteiger partial charge is 0.494 e. The van der Waals surface area contributed by atoms with Gasteiger partial charge in [-0.1, -0.05) is 0 Å². The number of unbranched alkanes of at least 4 members (excludes halogenated alkanes) is 1. The molecule has 0 amide bonds. The highest BCUT2D eigenvalue weighted by Gasteiger charge is 1.99. The number of benzene rings is 1. The number of halogens is 1. The van der Waals surface area contributed by atoms with Crippen LogP contribution < -0.4 is 15.4 Å². The molecule has 0 aliphatic carbocycles. The predicted octanol–water partition coefficient (Wildman–Crippen LogP) is 3.38. The van der Waals surface area contributed by atoms with Crippen LogP contribution in [0.15, 0.2) is 52.1 Å². The Morgan fingerprint density at radius 2 is 2.00 bits per heavy atom. The molecule has 0 aliphatic rings. The average molecular weight is 347 g/mol. The van der Waals surface area contributed by atoms with Crippen LogP contribution in [-0.2, 0) is 6.42 Å². The van der Waals surface area contributed by atoms with Crippen LogP contribution >= 0.6 is 0 Å². The minimum Gasteiger partial charge on any atom is -0.494 e. The molecule has 2 aromatic rings. The summed E-state index contributed by atoms with van der Waals surface area (Å²) in [5, 5.41) is 6.52. The quantitative estimate of drug-likeness (QED) is 0.393. The van der Waals surface area contributed by atoms with E-state index < -0.39 is 0 Å². The molecule has 0 bridgehead atoms. The van der Waals surface area contributed by atoms with E-state index in [1.165, 1.54) is 12.1 Å². The molecular formula is C19H26FN3O2. The Labute approximate surface area is 148 Å². The van der Waals surface area contributed by atoms with Crippen molar-refractivity contribution in [2.24, 2.45) is 4.99 Å². The van der Waals surface area contributed by atoms with Crippen molar-refractivity contribution >= 4 is 5.96 Å². The number of hydrogen-bond acceptors (Lipinski definition) is 3. The minimum atomic E-state index is -0.253. The normalized spacial score (nSPS) is 11.4. The van der Waals surface area contributed by atoms with Gasteiger partial charge in [0, 0.05) is 26.1 Å². The second-order valence-electron chi connectivity index (χ2n) is 5.53. The standard InChI is InChI=1S/C19H26FN3O2/c1-2-21-19(23-13-11-17-6-5-15-25-17)22-12-3-4-14-24-18-9-7-16(20)8-10-18/h5-10,15H,2-4,11-14H2,1H3,(H2,21,22,23). The van der Waals surface area contributed by atoms with Gasteiger partial charge in [-0.2, -0.15) is 0 Å². The molecule has 0 radical (unpaired) electrons. The first-order chi connectivity index (χ1) is 12.3. The van der Waals surface area contributed by atoms with Gasteiger partial charge in [0.15, 0.2) is 5.96 Å². The zero-order chi connectivity index (χ0) is 17.7. The third-order valence-electron chi connectivity index (χ3n) is 3.49. The zero-order valence-electron chi connectivity index (χ0n) is 14.6. The van der Waals surface area contributed by atoms with Crippen molar-refractivity contribution in [3.05, 3.63) is 54.2 Å². The van der Waals surface area contributed by atoms with E-state index >= 15 is 0 Å². The highest BCUT2D eigenvalue weighted by molar-refractivity contribution is 5.79. The number of nitrogens with zero attached hydrogens (tertiary/aromatic N) is 1. The summed E-state index contributed by atoms with van der Waals surface area (Å²) < 4.78 is 23.7. The SMILES string of the molecule is CCNC(=NCCCCOc1ccc(F)cc1)NCCc1ccco1. The number of aliphatic imine (C=N–C) groups is 1. The van der Waals surface area contributed by atoms with Gasteiger partial charge < -0.3 is 19.8 Å². The topological polar surface area (TPSA) is 58.8 Å². The van der Waals surface area contributed by atoms with Crippen molar-refractivity contribution in [2.45, 2.75) is 26.2 Å². The summed E-state index contributed by atoms with van der Waals surface area (Å²) in [7, 11) is 0. The molecular weight excluding hydrogens is 321 g/mol. The third-order valence-corrected chi connectivity index (χ3v) is 3.49. The molecule has 2 N–H and O–H groups in total. The minimum absolute atomic E-state index is 0.253. The molecule has 1 heterocycles. The summed E-state index contributed by atoms with van der Waals surface area (Å²) in [6.07, 6.45) is 4.33. The smallest absolute Gasteiger partial charge is 0.191 e. The van der Waals surface area contributed by atoms with E-state index in [1.807, 2.05) is 19.1 Å². The Bertz CT molecular complexity index is 612. The van der Waals surface area contributed by atoms with Crippen molar-refractivity contribution in [3.63, 3.8) is 0 Å². The van der Waals surface area contributed by atoms with Crippen LogP contribution in [0.4, 0.5) is 4.39 Å². The molecule has 25 heavy (non-hydrogen) atoms. The Hall–Kier alpha value is -2.50. The van der Waals surface area contributed by atoms with E-state index in [0.29, 0.717) is 12.4 Å². The fraction of sp³-hybridized carbons (Fsp3) is 0.421. The van der Waals surface area contributed by atoms with Crippen LogP contribution in [0.2, 0.25) is 0 Å². The highest BCUT2D eigenvalue weighted by Crippen LogP contribution is 2.11. The van der Waals surface area contributed by atoms with Crippen LogP contribution in [0.1, 0.15) is 25.5 Å². The molecule has 0 fully saturated rings. The second kappa shape index (κ2) is 11.1. The van der Waals surface area contributed by atoms with E-state index in [9.17, 15) is 4.39 Å². The lowest BCUT2D eigenvalue weighted by Gasteiger charge is -2.10. The van der Waals surface area contributed by atoms with E-state index in [2.05, 4.69) is 15.6 Å². The van der Waals surface area contributed by atoms with E-state index in [4.69, 9.17) is 9.15 Å². The molecule has 1 aromatic heterocycles. The van der Waals surface area contributed by atoms with Gasteiger partial charge in [-0.15, -0.1) is 0 Å². The van der Waals surface area contributed by atoms with Crippen LogP contribution in [0.25, 0.3) is 0 Å². The molecule has 0 aliphatic heterocycles. The van der Waals surface area contributed by atoms with Crippen molar-refractivity contribution in [3.8, 4) is 5.75 Å². The van der Waals surface area contributed by atoms with Crippen LogP contribution in [-0.4, -0.2) is 32.2 Å². The first kappa shape index (κ1) is 18.8. The first-order valence-corrected chi connectivity index (χ1v) is 8.71. The summed E-state index contributed by atoms with van der Waals surface area (Å²) in [6, 6.07) is 9.93. The van der Waals surface area contributed by atoms with Gasteiger partial charge in [-0.05, 0) is 56.2 Å². The molecule has 0 atom stereocenters. The number of rotatable bonds is 10. The molecule has 0 saturated heterocycles. The number of guanidine groups is 1. The predicted molar refractivity (Wildman–Crippen MR) is 97.5 cm³/mol. The van der Waals surface area contributed by atoms with E-state index in [0.717, 1.165) is 50.6 Å². The van der Waals surface area contributed by atoms with Crippen molar-refractivity contribution in [2.75, 3.05) is 26.2 Å². The third kappa shape index (κ3) is 7.74. The molecule has 6 heteroatoms. The maximum atomic E-state index is 12.8. The van der Waals surface area contributed by atoms with Gasteiger partial charge in [-0.25, -0.2) is 4.39 Å². The maximum Gasteiger partial charge on any atom is 0.191 e. The number of hydrogen-bond donors (Lipinski definition) is 2. The first-order valence-electron chi connectivity index (χ1n) is 8.71. The monoisotopic (exact) mass is 347 g/mol. The molecule has 0 spiro atoms. The Morgan fingerprint density at radius 3 is 2.72 bits per heavy atom. The van der Waals surface area contributed by atoms with Crippen molar-refractivity contribution < 1.29 is 13.5 Å². The summed E-state index contributed by atoms with van der Waals surface area (Å²) in [5.41, 5.74) is 0. The maximum absolute atomic E-state index is 12.8. The lowest BCUT2D eigenvalue weighted by atomic mass is 10.3. The fourth-order valence-electron chi connectivity index (χ4n) is 2.23. The Balaban J connectivity index is 1.60.